The van der Waals surface area contributed by atoms with Crippen LogP contribution in [-0.2, 0) is 20.0 Å². The van der Waals surface area contributed by atoms with Crippen molar-refractivity contribution in [1.82, 2.24) is 9.44 Å². The molecule has 1 atom stereocenters. The third-order valence-electron chi connectivity index (χ3n) is 3.80. The van der Waals surface area contributed by atoms with E-state index in [0.29, 0.717) is 0 Å². The van der Waals surface area contributed by atoms with Gasteiger partial charge in [0.15, 0.2) is 0 Å². The molecule has 0 amide bonds. The van der Waals surface area contributed by atoms with E-state index in [1.54, 1.807) is 0 Å². The van der Waals surface area contributed by atoms with Gasteiger partial charge in [-0.1, -0.05) is 23.2 Å². The minimum atomic E-state index is -3.92. The van der Waals surface area contributed by atoms with Crippen molar-refractivity contribution in [2.75, 3.05) is 20.8 Å². The summed E-state index contributed by atoms with van der Waals surface area (Å²) in [6, 6.07) is 7.25. The van der Waals surface area contributed by atoms with Gasteiger partial charge < -0.3 is 9.47 Å². The van der Waals surface area contributed by atoms with Crippen molar-refractivity contribution in [2.45, 2.75) is 22.8 Å². The lowest BCUT2D eigenvalue weighted by atomic mass is 10.3. The maximum atomic E-state index is 12.5. The zero-order valence-corrected chi connectivity index (χ0v) is 18.9. The van der Waals surface area contributed by atoms with E-state index in [-0.39, 0.29) is 37.9 Å². The molecule has 2 N–H and O–H groups in total. The highest BCUT2D eigenvalue weighted by Crippen LogP contribution is 2.28. The Morgan fingerprint density at radius 2 is 1.31 bits per heavy atom. The largest absolute Gasteiger partial charge is 0.495 e. The van der Waals surface area contributed by atoms with Crippen LogP contribution in [0.5, 0.6) is 11.5 Å². The lowest BCUT2D eigenvalue weighted by Crippen LogP contribution is -2.41. The van der Waals surface area contributed by atoms with Crippen LogP contribution in [-0.4, -0.2) is 43.6 Å². The summed E-state index contributed by atoms with van der Waals surface area (Å²) in [5, 5.41) is 0.539. The van der Waals surface area contributed by atoms with E-state index >= 15 is 0 Å². The molecule has 0 radical (unpaired) electrons. The van der Waals surface area contributed by atoms with Crippen molar-refractivity contribution in [3.63, 3.8) is 0 Å². The van der Waals surface area contributed by atoms with Crippen LogP contribution >= 0.6 is 23.2 Å². The Kier molecular flexibility index (Phi) is 7.77. The number of methoxy groups -OCH3 is 2. The first-order valence-corrected chi connectivity index (χ1v) is 11.9. The monoisotopic (exact) mass is 482 g/mol. The molecular weight excluding hydrogens is 463 g/mol. The smallest absolute Gasteiger partial charge is 0.240 e. The molecule has 8 nitrogen and oxygen atoms in total. The van der Waals surface area contributed by atoms with E-state index in [0.717, 1.165) is 0 Å². The predicted octanol–water partition coefficient (Wildman–Crippen LogP) is 2.66. The second-order valence-electron chi connectivity index (χ2n) is 5.97. The fourth-order valence-electron chi connectivity index (χ4n) is 2.31. The molecule has 0 fully saturated rings. The molecule has 0 aliphatic heterocycles. The quantitative estimate of drug-likeness (QED) is 0.568. The average molecular weight is 483 g/mol. The molecule has 0 saturated heterocycles. The first-order chi connectivity index (χ1) is 13.5. The zero-order chi connectivity index (χ0) is 21.8. The summed E-state index contributed by atoms with van der Waals surface area (Å²) >= 11 is 11.8. The van der Waals surface area contributed by atoms with Crippen LogP contribution in [0.4, 0.5) is 0 Å². The molecule has 160 valence electrons. The number of hydrogen-bond acceptors (Lipinski definition) is 6. The Morgan fingerprint density at radius 3 is 1.76 bits per heavy atom. The molecule has 0 aliphatic carbocycles. The molecule has 2 rings (SSSR count). The summed E-state index contributed by atoms with van der Waals surface area (Å²) in [7, 11) is -5.08. The first kappa shape index (κ1) is 23.7. The van der Waals surface area contributed by atoms with Crippen LogP contribution in [0, 0.1) is 0 Å². The SMILES string of the molecule is COc1cc(S(=O)(=O)NC[C@H](C)NS(=O)(=O)c2ccc(Cl)c(OC)c2)ccc1Cl. The van der Waals surface area contributed by atoms with Gasteiger partial charge in [-0.05, 0) is 31.2 Å². The van der Waals surface area contributed by atoms with Crippen LogP contribution < -0.4 is 18.9 Å². The summed E-state index contributed by atoms with van der Waals surface area (Å²) < 4.78 is 64.7. The van der Waals surface area contributed by atoms with Gasteiger partial charge in [-0.15, -0.1) is 0 Å². The zero-order valence-electron chi connectivity index (χ0n) is 15.8. The molecular formula is C17H20Cl2N2O6S2. The fraction of sp³-hybridized carbons (Fsp3) is 0.294. The maximum Gasteiger partial charge on any atom is 0.240 e. The highest BCUT2D eigenvalue weighted by atomic mass is 35.5. The highest BCUT2D eigenvalue weighted by Gasteiger charge is 2.22. The van der Waals surface area contributed by atoms with Crippen LogP contribution in [0.25, 0.3) is 0 Å². The number of halogens is 2. The topological polar surface area (TPSA) is 111 Å². The average Bonchev–Trinajstić information content (AvgIpc) is 2.66. The Labute approximate surface area is 180 Å². The normalized spacial score (nSPS) is 13.1. The summed E-state index contributed by atoms with van der Waals surface area (Å²) in [6.45, 7) is 1.34. The number of rotatable bonds is 9. The van der Waals surface area contributed by atoms with Gasteiger partial charge in [-0.3, -0.25) is 0 Å². The first-order valence-electron chi connectivity index (χ1n) is 8.19. The maximum absolute atomic E-state index is 12.5. The molecule has 12 heteroatoms. The number of ether oxygens (including phenoxy) is 2. The summed E-state index contributed by atoms with van der Waals surface area (Å²) in [5.41, 5.74) is 0. The molecule has 0 spiro atoms. The van der Waals surface area contributed by atoms with Gasteiger partial charge in [0, 0.05) is 24.7 Å². The molecule has 0 aromatic heterocycles. The van der Waals surface area contributed by atoms with Crippen molar-refractivity contribution >= 4 is 43.2 Å². The number of hydrogen-bond donors (Lipinski definition) is 2. The molecule has 0 unspecified atom stereocenters. The molecule has 0 bridgehead atoms. The predicted molar refractivity (Wildman–Crippen MR) is 111 cm³/mol. The number of benzene rings is 2. The summed E-state index contributed by atoms with van der Waals surface area (Å²) in [4.78, 5) is -0.118. The standard InChI is InChI=1S/C17H20Cl2N2O6S2/c1-11(21-29(24,25)13-5-7-15(19)17(9-13)27-3)10-20-28(22,23)12-4-6-14(18)16(8-12)26-2/h4-9,11,20-21H,10H2,1-3H3/t11-/m0/s1. The van der Waals surface area contributed by atoms with Gasteiger partial charge in [0.1, 0.15) is 11.5 Å². The second-order valence-corrected chi connectivity index (χ2v) is 10.3. The van der Waals surface area contributed by atoms with E-state index in [1.165, 1.54) is 57.5 Å². The van der Waals surface area contributed by atoms with Crippen LogP contribution in [0.2, 0.25) is 10.0 Å². The summed E-state index contributed by atoms with van der Waals surface area (Å²) in [5.74, 6) is 0.416. The van der Waals surface area contributed by atoms with E-state index in [1.807, 2.05) is 0 Å². The lowest BCUT2D eigenvalue weighted by Gasteiger charge is -2.16. The number of sulfonamides is 2. The van der Waals surface area contributed by atoms with Crippen molar-refractivity contribution in [1.29, 1.82) is 0 Å². The molecule has 0 aliphatic rings. The minimum absolute atomic E-state index is 0.0590. The molecule has 0 heterocycles. The Balaban J connectivity index is 2.09. The third kappa shape index (κ3) is 5.97. The van der Waals surface area contributed by atoms with E-state index in [2.05, 4.69) is 9.44 Å². The van der Waals surface area contributed by atoms with E-state index in [4.69, 9.17) is 32.7 Å². The molecule has 29 heavy (non-hydrogen) atoms. The van der Waals surface area contributed by atoms with Crippen molar-refractivity contribution in [2.24, 2.45) is 0 Å². The van der Waals surface area contributed by atoms with Gasteiger partial charge >= 0.3 is 0 Å². The van der Waals surface area contributed by atoms with Gasteiger partial charge in [0.05, 0.1) is 34.1 Å². The van der Waals surface area contributed by atoms with Crippen LogP contribution in [0.1, 0.15) is 6.92 Å². The Hall–Kier alpha value is -1.56. The molecule has 2 aromatic carbocycles. The van der Waals surface area contributed by atoms with Gasteiger partial charge in [0.25, 0.3) is 0 Å². The van der Waals surface area contributed by atoms with E-state index < -0.39 is 26.1 Å². The van der Waals surface area contributed by atoms with Crippen LogP contribution in [0.15, 0.2) is 46.2 Å². The van der Waals surface area contributed by atoms with Crippen molar-refractivity contribution in [3.05, 3.63) is 46.4 Å². The third-order valence-corrected chi connectivity index (χ3v) is 7.43. The van der Waals surface area contributed by atoms with E-state index in [9.17, 15) is 16.8 Å². The summed E-state index contributed by atoms with van der Waals surface area (Å²) in [6.07, 6.45) is 0. The van der Waals surface area contributed by atoms with Gasteiger partial charge in [0.2, 0.25) is 20.0 Å². The lowest BCUT2D eigenvalue weighted by molar-refractivity contribution is 0.413. The van der Waals surface area contributed by atoms with Crippen LogP contribution in [0.3, 0.4) is 0 Å². The highest BCUT2D eigenvalue weighted by molar-refractivity contribution is 7.90. The van der Waals surface area contributed by atoms with Crippen molar-refractivity contribution < 1.29 is 26.3 Å². The van der Waals surface area contributed by atoms with Crippen molar-refractivity contribution in [3.8, 4) is 11.5 Å². The molecule has 0 saturated carbocycles. The molecule has 2 aromatic rings. The van der Waals surface area contributed by atoms with Gasteiger partial charge in [-0.2, -0.15) is 0 Å². The minimum Gasteiger partial charge on any atom is -0.495 e. The fourth-order valence-corrected chi connectivity index (χ4v) is 5.10. The number of nitrogens with one attached hydrogen (secondary N) is 2. The Morgan fingerprint density at radius 1 is 0.862 bits per heavy atom. The Bertz CT molecular complexity index is 1090. The van der Waals surface area contributed by atoms with Gasteiger partial charge in [-0.25, -0.2) is 26.3 Å². The second kappa shape index (κ2) is 9.50.